The van der Waals surface area contributed by atoms with E-state index in [1.54, 1.807) is 0 Å². The number of aromatic carboxylic acids is 1. The van der Waals surface area contributed by atoms with Crippen LogP contribution in [0.3, 0.4) is 0 Å². The summed E-state index contributed by atoms with van der Waals surface area (Å²) in [4.78, 5) is 10.9. The molecule has 0 saturated carbocycles. The van der Waals surface area contributed by atoms with Gasteiger partial charge in [-0.2, -0.15) is 9.40 Å². The Balaban J connectivity index is 2.45. The first-order valence-electron chi connectivity index (χ1n) is 6.80. The summed E-state index contributed by atoms with van der Waals surface area (Å²) in [6.07, 6.45) is 2.63. The molecule has 0 spiro atoms. The molecule has 3 N–H and O–H groups in total. The molecule has 1 aliphatic heterocycles. The molecule has 21 heavy (non-hydrogen) atoms. The number of aryl methyl sites for hydroxylation is 1. The van der Waals surface area contributed by atoms with Crippen LogP contribution >= 0.6 is 0 Å². The second-order valence-electron chi connectivity index (χ2n) is 5.11. The highest BCUT2D eigenvalue weighted by Crippen LogP contribution is 2.29. The van der Waals surface area contributed by atoms with Crippen molar-refractivity contribution >= 4 is 16.0 Å². The quantitative estimate of drug-likeness (QED) is 0.719. The predicted octanol–water partition coefficient (Wildman–Crippen LogP) is 0.342. The molecule has 1 aliphatic rings. The number of carboxylic acids is 1. The number of nitrogens with one attached hydrogen (secondary N) is 1. The van der Waals surface area contributed by atoms with E-state index in [-0.39, 0.29) is 23.2 Å². The summed E-state index contributed by atoms with van der Waals surface area (Å²) in [6, 6.07) is -0.301. The molecule has 0 bridgehead atoms. The number of sulfonamides is 1. The van der Waals surface area contributed by atoms with Crippen LogP contribution in [0.1, 0.15) is 41.9 Å². The van der Waals surface area contributed by atoms with Crippen molar-refractivity contribution in [3.63, 3.8) is 0 Å². The molecule has 2 rings (SSSR count). The van der Waals surface area contributed by atoms with E-state index in [1.807, 2.05) is 0 Å². The molecule has 0 aliphatic carbocycles. The Morgan fingerprint density at radius 1 is 1.48 bits per heavy atom. The smallest absolute Gasteiger partial charge is 0.357 e. The van der Waals surface area contributed by atoms with E-state index in [0.717, 1.165) is 12.8 Å². The van der Waals surface area contributed by atoms with Gasteiger partial charge in [0.25, 0.3) is 0 Å². The molecule has 8 nitrogen and oxygen atoms in total. The van der Waals surface area contributed by atoms with Gasteiger partial charge in [0.05, 0.1) is 5.69 Å². The van der Waals surface area contributed by atoms with Gasteiger partial charge >= 0.3 is 5.97 Å². The number of hydrogen-bond acceptors (Lipinski definition) is 5. The Hall–Kier alpha value is -1.45. The number of H-pyrrole nitrogens is 1. The van der Waals surface area contributed by atoms with E-state index in [1.165, 1.54) is 11.2 Å². The van der Waals surface area contributed by atoms with Crippen molar-refractivity contribution in [2.45, 2.75) is 43.5 Å². The van der Waals surface area contributed by atoms with Crippen LogP contribution in [0.25, 0.3) is 0 Å². The summed E-state index contributed by atoms with van der Waals surface area (Å²) in [5.41, 5.74) is -0.276. The first-order chi connectivity index (χ1) is 9.89. The highest BCUT2D eigenvalue weighted by molar-refractivity contribution is 7.89. The third kappa shape index (κ3) is 2.94. The van der Waals surface area contributed by atoms with E-state index in [2.05, 4.69) is 10.2 Å². The number of aliphatic hydroxyl groups excluding tert-OH is 1. The number of rotatable bonds is 5. The van der Waals surface area contributed by atoms with Crippen LogP contribution in [0.4, 0.5) is 0 Å². The van der Waals surface area contributed by atoms with Gasteiger partial charge in [0.15, 0.2) is 5.69 Å². The number of carboxylic acid groups (broad SMARTS) is 1. The van der Waals surface area contributed by atoms with Gasteiger partial charge in [-0.05, 0) is 26.2 Å². The molecular weight excluding hydrogens is 298 g/mol. The van der Waals surface area contributed by atoms with Gasteiger partial charge in [-0.3, -0.25) is 5.10 Å². The Morgan fingerprint density at radius 3 is 2.81 bits per heavy atom. The van der Waals surface area contributed by atoms with E-state index < -0.39 is 21.7 Å². The molecule has 1 aromatic rings. The van der Waals surface area contributed by atoms with E-state index in [9.17, 15) is 13.2 Å². The van der Waals surface area contributed by atoms with Crippen LogP contribution in [0.15, 0.2) is 4.90 Å². The third-order valence-corrected chi connectivity index (χ3v) is 5.81. The minimum atomic E-state index is -3.95. The highest BCUT2D eigenvalue weighted by Gasteiger charge is 2.38. The van der Waals surface area contributed by atoms with Crippen LogP contribution in [-0.2, 0) is 10.0 Å². The minimum Gasteiger partial charge on any atom is -0.476 e. The first-order valence-corrected chi connectivity index (χ1v) is 8.24. The molecule has 1 aromatic heterocycles. The van der Waals surface area contributed by atoms with Crippen molar-refractivity contribution in [2.75, 3.05) is 13.2 Å². The Labute approximate surface area is 122 Å². The fourth-order valence-electron chi connectivity index (χ4n) is 2.72. The van der Waals surface area contributed by atoms with Gasteiger partial charge < -0.3 is 10.2 Å². The molecule has 1 atom stereocenters. The lowest BCUT2D eigenvalue weighted by atomic mass is 10.0. The monoisotopic (exact) mass is 317 g/mol. The van der Waals surface area contributed by atoms with E-state index in [0.29, 0.717) is 19.4 Å². The lowest BCUT2D eigenvalue weighted by Crippen LogP contribution is -2.44. The maximum atomic E-state index is 12.8. The fourth-order valence-corrected chi connectivity index (χ4v) is 4.74. The van der Waals surface area contributed by atoms with Gasteiger partial charge in [0.1, 0.15) is 4.90 Å². The van der Waals surface area contributed by atoms with Crippen LogP contribution in [0.5, 0.6) is 0 Å². The molecule has 1 fully saturated rings. The zero-order valence-electron chi connectivity index (χ0n) is 11.7. The second-order valence-corrected chi connectivity index (χ2v) is 6.94. The maximum absolute atomic E-state index is 12.8. The highest BCUT2D eigenvalue weighted by atomic mass is 32.2. The first kappa shape index (κ1) is 15.9. The summed E-state index contributed by atoms with van der Waals surface area (Å²) in [5.74, 6) is -1.38. The standard InChI is InChI=1S/C12H19N3O5S/c1-8-11(10(12(17)18)14-13-8)21(19,20)15-6-3-2-4-9(15)5-7-16/h9,16H,2-7H2,1H3,(H,13,14)(H,17,18). The van der Waals surface area contributed by atoms with Crippen LogP contribution in [-0.4, -0.2) is 58.3 Å². The van der Waals surface area contributed by atoms with Gasteiger partial charge in [-0.1, -0.05) is 6.42 Å². The number of piperidine rings is 1. The van der Waals surface area contributed by atoms with Crippen molar-refractivity contribution < 1.29 is 23.4 Å². The molecule has 0 radical (unpaired) electrons. The number of carbonyl (C=O) groups is 1. The molecule has 9 heteroatoms. The predicted molar refractivity (Wildman–Crippen MR) is 73.5 cm³/mol. The van der Waals surface area contributed by atoms with Crippen molar-refractivity contribution in [2.24, 2.45) is 0 Å². The van der Waals surface area contributed by atoms with E-state index >= 15 is 0 Å². The number of aliphatic hydroxyl groups is 1. The summed E-state index contributed by atoms with van der Waals surface area (Å²) in [6.45, 7) is 1.71. The number of hydrogen-bond donors (Lipinski definition) is 3. The van der Waals surface area contributed by atoms with Crippen molar-refractivity contribution in [3.8, 4) is 0 Å². The molecule has 1 saturated heterocycles. The third-order valence-electron chi connectivity index (χ3n) is 3.70. The lowest BCUT2D eigenvalue weighted by Gasteiger charge is -2.34. The number of nitrogens with zero attached hydrogens (tertiary/aromatic N) is 2. The van der Waals surface area contributed by atoms with E-state index in [4.69, 9.17) is 10.2 Å². The van der Waals surface area contributed by atoms with Gasteiger partial charge in [0, 0.05) is 19.2 Å². The average Bonchev–Trinajstić information content (AvgIpc) is 2.82. The van der Waals surface area contributed by atoms with Crippen molar-refractivity contribution in [1.29, 1.82) is 0 Å². The normalized spacial score (nSPS) is 20.6. The minimum absolute atomic E-state index is 0.104. The summed E-state index contributed by atoms with van der Waals surface area (Å²) < 4.78 is 26.9. The zero-order chi connectivity index (χ0) is 15.6. The summed E-state index contributed by atoms with van der Waals surface area (Å²) >= 11 is 0. The van der Waals surface area contributed by atoms with Gasteiger partial charge in [-0.15, -0.1) is 0 Å². The average molecular weight is 317 g/mol. The molecule has 2 heterocycles. The molecule has 118 valence electrons. The molecule has 0 amide bonds. The topological polar surface area (TPSA) is 124 Å². The second kappa shape index (κ2) is 6.12. The summed E-state index contributed by atoms with van der Waals surface area (Å²) in [7, 11) is -3.95. The van der Waals surface area contributed by atoms with Crippen LogP contribution < -0.4 is 0 Å². The fraction of sp³-hybridized carbons (Fsp3) is 0.667. The summed E-state index contributed by atoms with van der Waals surface area (Å²) in [5, 5.41) is 24.2. The zero-order valence-corrected chi connectivity index (χ0v) is 12.6. The van der Waals surface area contributed by atoms with Gasteiger partial charge in [0.2, 0.25) is 10.0 Å². The van der Waals surface area contributed by atoms with Crippen LogP contribution in [0, 0.1) is 6.92 Å². The van der Waals surface area contributed by atoms with Gasteiger partial charge in [-0.25, -0.2) is 13.2 Å². The number of aromatic amines is 1. The largest absolute Gasteiger partial charge is 0.476 e. The van der Waals surface area contributed by atoms with Crippen LogP contribution in [0.2, 0.25) is 0 Å². The lowest BCUT2D eigenvalue weighted by molar-refractivity contribution is 0.0685. The Morgan fingerprint density at radius 2 is 2.19 bits per heavy atom. The Bertz CT molecular complexity index is 623. The van der Waals surface area contributed by atoms with Crippen molar-refractivity contribution in [1.82, 2.24) is 14.5 Å². The molecular formula is C12H19N3O5S. The Kier molecular flexibility index (Phi) is 4.64. The SMILES string of the molecule is Cc1[nH]nc(C(=O)O)c1S(=O)(=O)N1CCCCC1CCO. The molecule has 0 aromatic carbocycles. The maximum Gasteiger partial charge on any atom is 0.357 e. The number of aromatic nitrogens is 2. The molecule has 1 unspecified atom stereocenters. The van der Waals surface area contributed by atoms with Crippen molar-refractivity contribution in [3.05, 3.63) is 11.4 Å².